The number of carbonyl (C=O) groups is 1. The monoisotopic (exact) mass is 433 g/mol. The van der Waals surface area contributed by atoms with Crippen molar-refractivity contribution >= 4 is 40.5 Å². The third kappa shape index (κ3) is 4.46. The van der Waals surface area contributed by atoms with Gasteiger partial charge in [0.05, 0.1) is 5.56 Å². The molecule has 0 saturated heterocycles. The molecule has 6 nitrogen and oxygen atoms in total. The van der Waals surface area contributed by atoms with Gasteiger partial charge in [0, 0.05) is 23.4 Å². The predicted octanol–water partition coefficient (Wildman–Crippen LogP) is 4.87. The van der Waals surface area contributed by atoms with Gasteiger partial charge in [-0.1, -0.05) is 12.1 Å². The minimum atomic E-state index is -0.116. The van der Waals surface area contributed by atoms with E-state index in [1.807, 2.05) is 48.9 Å². The van der Waals surface area contributed by atoms with E-state index in [-0.39, 0.29) is 23.7 Å². The van der Waals surface area contributed by atoms with E-state index in [0.29, 0.717) is 21.9 Å². The van der Waals surface area contributed by atoms with Crippen LogP contribution in [0.25, 0.3) is 11.1 Å². The lowest BCUT2D eigenvalue weighted by atomic mass is 9.99. The van der Waals surface area contributed by atoms with Crippen LogP contribution < -0.4 is 11.1 Å². The summed E-state index contributed by atoms with van der Waals surface area (Å²) in [6.45, 7) is 3.96. The summed E-state index contributed by atoms with van der Waals surface area (Å²) < 4.78 is 0. The van der Waals surface area contributed by atoms with Crippen molar-refractivity contribution in [1.82, 2.24) is 4.98 Å². The first-order chi connectivity index (χ1) is 14.5. The van der Waals surface area contributed by atoms with Crippen molar-refractivity contribution in [3.8, 4) is 23.3 Å². The molecule has 2 heterocycles. The number of hydrogen-bond acceptors (Lipinski definition) is 7. The Morgan fingerprint density at radius 1 is 1.23 bits per heavy atom. The minimum Gasteiger partial charge on any atom is -0.383 e. The zero-order chi connectivity index (χ0) is 21.7. The summed E-state index contributed by atoms with van der Waals surface area (Å²) in [6, 6.07) is 11.8. The Kier molecular flexibility index (Phi) is 6.73. The lowest BCUT2D eigenvalue weighted by molar-refractivity contribution is -0.115. The lowest BCUT2D eigenvalue weighted by Crippen LogP contribution is -2.13. The fourth-order valence-corrected chi connectivity index (χ4v) is 4.52. The zero-order valence-corrected chi connectivity index (χ0v) is 18.2. The van der Waals surface area contributed by atoms with Crippen molar-refractivity contribution in [3.05, 3.63) is 57.3 Å². The SMILES string of the molecule is Cc1cccc(NC(=O)CCSc2nc(N)c(C#N)c(-c3ccsc3)c2C#N)c1C. The van der Waals surface area contributed by atoms with Gasteiger partial charge in [0.15, 0.2) is 0 Å². The molecule has 0 unspecified atom stereocenters. The van der Waals surface area contributed by atoms with Crippen LogP contribution in [-0.4, -0.2) is 16.6 Å². The summed E-state index contributed by atoms with van der Waals surface area (Å²) >= 11 is 2.75. The maximum atomic E-state index is 12.4. The Morgan fingerprint density at radius 2 is 2.00 bits per heavy atom. The van der Waals surface area contributed by atoms with Gasteiger partial charge in [-0.3, -0.25) is 4.79 Å². The number of thiophene rings is 1. The first-order valence-corrected chi connectivity index (χ1v) is 11.0. The lowest BCUT2D eigenvalue weighted by Gasteiger charge is -2.12. The van der Waals surface area contributed by atoms with E-state index in [4.69, 9.17) is 5.73 Å². The number of nitrogens with two attached hydrogens (primary N) is 1. The molecule has 0 saturated carbocycles. The van der Waals surface area contributed by atoms with Crippen molar-refractivity contribution in [2.45, 2.75) is 25.3 Å². The second kappa shape index (κ2) is 9.45. The number of anilines is 2. The number of rotatable bonds is 6. The number of aromatic nitrogens is 1. The van der Waals surface area contributed by atoms with Gasteiger partial charge in [0.2, 0.25) is 5.91 Å². The number of hydrogen-bond donors (Lipinski definition) is 2. The molecule has 1 amide bonds. The second-order valence-electron chi connectivity index (χ2n) is 6.56. The zero-order valence-electron chi connectivity index (χ0n) is 16.5. The third-order valence-corrected chi connectivity index (χ3v) is 6.33. The molecule has 0 aliphatic carbocycles. The third-order valence-electron chi connectivity index (χ3n) is 4.67. The molecule has 3 aromatic rings. The fraction of sp³-hybridized carbons (Fsp3) is 0.182. The number of nitrogen functional groups attached to an aromatic ring is 1. The molecule has 1 aromatic carbocycles. The normalized spacial score (nSPS) is 10.3. The van der Waals surface area contributed by atoms with E-state index in [1.165, 1.54) is 23.1 Å². The van der Waals surface area contributed by atoms with Gasteiger partial charge < -0.3 is 11.1 Å². The Balaban J connectivity index is 1.77. The van der Waals surface area contributed by atoms with Gasteiger partial charge in [-0.25, -0.2) is 4.98 Å². The van der Waals surface area contributed by atoms with Crippen LogP contribution in [0.1, 0.15) is 28.7 Å². The van der Waals surface area contributed by atoms with Crippen LogP contribution in [-0.2, 0) is 4.79 Å². The Bertz CT molecular complexity index is 1170. The van der Waals surface area contributed by atoms with Crippen LogP contribution >= 0.6 is 23.1 Å². The molecule has 0 aliphatic rings. The maximum Gasteiger partial charge on any atom is 0.225 e. The fourth-order valence-electron chi connectivity index (χ4n) is 2.94. The molecule has 0 aliphatic heterocycles. The van der Waals surface area contributed by atoms with Gasteiger partial charge >= 0.3 is 0 Å². The summed E-state index contributed by atoms with van der Waals surface area (Å²) in [5.41, 5.74) is 10.7. The number of nitrogens with one attached hydrogen (secondary N) is 1. The van der Waals surface area contributed by atoms with Crippen molar-refractivity contribution in [2.24, 2.45) is 0 Å². The molecule has 3 rings (SSSR count). The smallest absolute Gasteiger partial charge is 0.225 e. The number of benzene rings is 1. The first kappa shape index (κ1) is 21.4. The van der Waals surface area contributed by atoms with E-state index < -0.39 is 0 Å². The average Bonchev–Trinajstić information content (AvgIpc) is 3.25. The first-order valence-electron chi connectivity index (χ1n) is 9.11. The highest BCUT2D eigenvalue weighted by atomic mass is 32.2. The molecule has 0 bridgehead atoms. The molecule has 8 heteroatoms. The van der Waals surface area contributed by atoms with Crippen LogP contribution in [0.4, 0.5) is 11.5 Å². The predicted molar refractivity (Wildman–Crippen MR) is 121 cm³/mol. The van der Waals surface area contributed by atoms with Gasteiger partial charge in [-0.05, 0) is 53.4 Å². The topological polar surface area (TPSA) is 116 Å². The van der Waals surface area contributed by atoms with Crippen LogP contribution in [0, 0.1) is 36.5 Å². The van der Waals surface area contributed by atoms with Crippen molar-refractivity contribution in [3.63, 3.8) is 0 Å². The van der Waals surface area contributed by atoms with Crippen LogP contribution in [0.5, 0.6) is 0 Å². The standard InChI is InChI=1S/C22H19N5OS2/c1-13-4-3-5-18(14(13)2)26-19(28)7-9-30-22-17(11-24)20(15-6-8-29-12-15)16(10-23)21(25)27-22/h3-6,8,12H,7,9H2,1-2H3,(H2,25,27)(H,26,28). The van der Waals surface area contributed by atoms with Gasteiger partial charge in [-0.15, -0.1) is 11.8 Å². The number of pyridine rings is 1. The van der Waals surface area contributed by atoms with Crippen molar-refractivity contribution < 1.29 is 4.79 Å². The molecule has 150 valence electrons. The molecule has 3 N–H and O–H groups in total. The van der Waals surface area contributed by atoms with Gasteiger partial charge in [-0.2, -0.15) is 21.9 Å². The Morgan fingerprint density at radius 3 is 2.67 bits per heavy atom. The number of thioether (sulfide) groups is 1. The number of carbonyl (C=O) groups excluding carboxylic acids is 1. The van der Waals surface area contributed by atoms with E-state index in [2.05, 4.69) is 22.4 Å². The van der Waals surface area contributed by atoms with Crippen LogP contribution in [0.2, 0.25) is 0 Å². The molecule has 2 aromatic heterocycles. The summed E-state index contributed by atoms with van der Waals surface area (Å²) in [6.07, 6.45) is 0.248. The van der Waals surface area contributed by atoms with E-state index >= 15 is 0 Å². The van der Waals surface area contributed by atoms with E-state index in [1.54, 1.807) is 0 Å². The van der Waals surface area contributed by atoms with Gasteiger partial charge in [0.1, 0.15) is 28.5 Å². The number of nitrogens with zero attached hydrogens (tertiary/aromatic N) is 3. The molecule has 30 heavy (non-hydrogen) atoms. The summed E-state index contributed by atoms with van der Waals surface area (Å²) in [5.74, 6) is 0.390. The molecule has 0 atom stereocenters. The number of amides is 1. The summed E-state index contributed by atoms with van der Waals surface area (Å²) in [7, 11) is 0. The maximum absolute atomic E-state index is 12.4. The Hall–Kier alpha value is -3.33. The quantitative estimate of drug-likeness (QED) is 0.536. The molecular weight excluding hydrogens is 414 g/mol. The number of aryl methyl sites for hydroxylation is 1. The van der Waals surface area contributed by atoms with Crippen LogP contribution in [0.3, 0.4) is 0 Å². The summed E-state index contributed by atoms with van der Waals surface area (Å²) in [4.78, 5) is 16.6. The van der Waals surface area contributed by atoms with Crippen molar-refractivity contribution in [2.75, 3.05) is 16.8 Å². The second-order valence-corrected chi connectivity index (χ2v) is 8.42. The highest BCUT2D eigenvalue weighted by molar-refractivity contribution is 7.99. The van der Waals surface area contributed by atoms with Crippen LogP contribution in [0.15, 0.2) is 40.1 Å². The average molecular weight is 434 g/mol. The highest BCUT2D eigenvalue weighted by Crippen LogP contribution is 2.36. The summed E-state index contributed by atoms with van der Waals surface area (Å²) in [5, 5.41) is 26.3. The molecular formula is C22H19N5OS2. The van der Waals surface area contributed by atoms with E-state index in [9.17, 15) is 15.3 Å². The van der Waals surface area contributed by atoms with Crippen molar-refractivity contribution in [1.29, 1.82) is 10.5 Å². The highest BCUT2D eigenvalue weighted by Gasteiger charge is 2.21. The molecule has 0 fully saturated rings. The minimum absolute atomic E-state index is 0.0834. The molecule has 0 radical (unpaired) electrons. The largest absolute Gasteiger partial charge is 0.383 e. The van der Waals surface area contributed by atoms with Gasteiger partial charge in [0.25, 0.3) is 0 Å². The molecule has 0 spiro atoms. The Labute approximate surface area is 183 Å². The van der Waals surface area contributed by atoms with E-state index in [0.717, 1.165) is 22.4 Å². The number of nitriles is 2.